The third kappa shape index (κ3) is 3.07. The molecule has 20 heavy (non-hydrogen) atoms. The molecule has 2 aromatic carbocycles. The van der Waals surface area contributed by atoms with Gasteiger partial charge in [-0.3, -0.25) is 0 Å². The highest BCUT2D eigenvalue weighted by atomic mass is 19.1. The number of nitrogens with two attached hydrogens (primary N) is 1. The Bertz CT molecular complexity index is 616. The molecule has 4 heteroatoms. The Balaban J connectivity index is 2.27. The van der Waals surface area contributed by atoms with Crippen molar-refractivity contribution in [2.75, 3.05) is 5.73 Å². The fourth-order valence-electron chi connectivity index (χ4n) is 1.80. The van der Waals surface area contributed by atoms with Crippen LogP contribution in [-0.2, 0) is 5.41 Å². The molecule has 2 aromatic rings. The van der Waals surface area contributed by atoms with Crippen molar-refractivity contribution >= 4 is 5.69 Å². The van der Waals surface area contributed by atoms with Crippen molar-refractivity contribution in [1.29, 1.82) is 0 Å². The van der Waals surface area contributed by atoms with E-state index in [1.54, 1.807) is 12.1 Å². The first kappa shape index (κ1) is 14.3. The van der Waals surface area contributed by atoms with Gasteiger partial charge < -0.3 is 10.5 Å². The van der Waals surface area contributed by atoms with Gasteiger partial charge in [-0.1, -0.05) is 32.9 Å². The van der Waals surface area contributed by atoms with Crippen LogP contribution < -0.4 is 10.5 Å². The molecule has 0 unspecified atom stereocenters. The maximum Gasteiger partial charge on any atom is 0.156 e. The highest BCUT2D eigenvalue weighted by molar-refractivity contribution is 5.55. The average molecular weight is 277 g/mol. The number of halogens is 2. The zero-order valence-electron chi connectivity index (χ0n) is 11.7. The monoisotopic (exact) mass is 277 g/mol. The summed E-state index contributed by atoms with van der Waals surface area (Å²) < 4.78 is 31.9. The van der Waals surface area contributed by atoms with Gasteiger partial charge in [0.15, 0.2) is 11.6 Å². The average Bonchev–Trinajstić information content (AvgIpc) is 2.35. The van der Waals surface area contributed by atoms with Gasteiger partial charge in [0.2, 0.25) is 0 Å². The number of hydrogen-bond donors (Lipinski definition) is 1. The predicted molar refractivity (Wildman–Crippen MR) is 76.0 cm³/mol. The lowest BCUT2D eigenvalue weighted by Crippen LogP contribution is -2.10. The van der Waals surface area contributed by atoms with E-state index < -0.39 is 11.6 Å². The Hall–Kier alpha value is -2.10. The molecule has 0 radical (unpaired) electrons. The minimum Gasteiger partial charge on any atom is -0.455 e. The van der Waals surface area contributed by atoms with Gasteiger partial charge in [-0.2, -0.15) is 0 Å². The SMILES string of the molecule is CC(C)(C)c1ccc(Oc2cc(F)cc(F)c2N)cc1. The molecule has 0 amide bonds. The summed E-state index contributed by atoms with van der Waals surface area (Å²) in [6, 6.07) is 9.13. The minimum atomic E-state index is -0.827. The summed E-state index contributed by atoms with van der Waals surface area (Å²) in [5.74, 6) is -1.09. The molecule has 0 atom stereocenters. The number of ether oxygens (including phenoxy) is 1. The Labute approximate surface area is 117 Å². The second-order valence-corrected chi connectivity index (χ2v) is 5.68. The summed E-state index contributed by atoms with van der Waals surface area (Å²) in [5, 5.41) is 0. The van der Waals surface area contributed by atoms with Gasteiger partial charge in [0.25, 0.3) is 0 Å². The molecular formula is C16H17F2NO. The Kier molecular flexibility index (Phi) is 3.66. The molecule has 0 heterocycles. The second-order valence-electron chi connectivity index (χ2n) is 5.68. The molecule has 0 bridgehead atoms. The zero-order chi connectivity index (χ0) is 14.9. The van der Waals surface area contributed by atoms with Crippen LogP contribution in [0.25, 0.3) is 0 Å². The van der Waals surface area contributed by atoms with Crippen molar-refractivity contribution in [3.63, 3.8) is 0 Å². The summed E-state index contributed by atoms with van der Waals surface area (Å²) in [6.45, 7) is 6.30. The van der Waals surface area contributed by atoms with E-state index in [4.69, 9.17) is 10.5 Å². The van der Waals surface area contributed by atoms with E-state index >= 15 is 0 Å². The fraction of sp³-hybridized carbons (Fsp3) is 0.250. The maximum atomic E-state index is 13.3. The van der Waals surface area contributed by atoms with Crippen LogP contribution >= 0.6 is 0 Å². The van der Waals surface area contributed by atoms with Crippen LogP contribution in [0.2, 0.25) is 0 Å². The first-order chi connectivity index (χ1) is 9.27. The number of anilines is 1. The second kappa shape index (κ2) is 5.12. The quantitative estimate of drug-likeness (QED) is 0.812. The molecule has 0 aromatic heterocycles. The number of hydrogen-bond acceptors (Lipinski definition) is 2. The molecule has 0 aliphatic rings. The standard InChI is InChI=1S/C16H17F2NO/c1-16(2,3)10-4-6-12(7-5-10)20-14-9-11(17)8-13(18)15(14)19/h4-9H,19H2,1-3H3. The van der Waals surface area contributed by atoms with E-state index in [0.717, 1.165) is 17.7 Å². The van der Waals surface area contributed by atoms with Gasteiger partial charge in [0, 0.05) is 12.1 Å². The number of nitrogen functional groups attached to an aromatic ring is 1. The largest absolute Gasteiger partial charge is 0.455 e. The van der Waals surface area contributed by atoms with Gasteiger partial charge in [-0.15, -0.1) is 0 Å². The van der Waals surface area contributed by atoms with E-state index in [1.807, 2.05) is 12.1 Å². The topological polar surface area (TPSA) is 35.2 Å². The molecule has 2 nitrogen and oxygen atoms in total. The smallest absolute Gasteiger partial charge is 0.156 e. The molecule has 0 fully saturated rings. The lowest BCUT2D eigenvalue weighted by molar-refractivity contribution is 0.471. The van der Waals surface area contributed by atoms with E-state index in [2.05, 4.69) is 20.8 Å². The maximum absolute atomic E-state index is 13.3. The van der Waals surface area contributed by atoms with Gasteiger partial charge in [-0.25, -0.2) is 8.78 Å². The predicted octanol–water partition coefficient (Wildman–Crippen LogP) is 4.64. The lowest BCUT2D eigenvalue weighted by atomic mass is 9.87. The first-order valence-corrected chi connectivity index (χ1v) is 6.30. The van der Waals surface area contributed by atoms with Crippen molar-refractivity contribution < 1.29 is 13.5 Å². The molecule has 0 aliphatic carbocycles. The van der Waals surface area contributed by atoms with Gasteiger partial charge in [-0.05, 0) is 23.1 Å². The van der Waals surface area contributed by atoms with Crippen LogP contribution in [0.1, 0.15) is 26.3 Å². The van der Waals surface area contributed by atoms with Gasteiger partial charge >= 0.3 is 0 Å². The lowest BCUT2D eigenvalue weighted by Gasteiger charge is -2.19. The van der Waals surface area contributed by atoms with Crippen molar-refractivity contribution in [3.05, 3.63) is 53.6 Å². The van der Waals surface area contributed by atoms with E-state index in [9.17, 15) is 8.78 Å². The summed E-state index contributed by atoms with van der Waals surface area (Å²) in [7, 11) is 0. The summed E-state index contributed by atoms with van der Waals surface area (Å²) in [4.78, 5) is 0. The molecule has 0 aliphatic heterocycles. The molecule has 0 saturated heterocycles. The third-order valence-corrected chi connectivity index (χ3v) is 3.00. The van der Waals surface area contributed by atoms with Crippen LogP contribution in [0.15, 0.2) is 36.4 Å². The summed E-state index contributed by atoms with van der Waals surface area (Å²) in [5.41, 5.74) is 6.50. The normalized spacial score (nSPS) is 11.4. The summed E-state index contributed by atoms with van der Waals surface area (Å²) in [6.07, 6.45) is 0. The van der Waals surface area contributed by atoms with Crippen molar-refractivity contribution in [1.82, 2.24) is 0 Å². The Morgan fingerprint density at radius 1 is 1.00 bits per heavy atom. The molecule has 0 saturated carbocycles. The minimum absolute atomic E-state index is 0.0222. The molecule has 0 spiro atoms. The number of rotatable bonds is 2. The summed E-state index contributed by atoms with van der Waals surface area (Å²) >= 11 is 0. The van der Waals surface area contributed by atoms with E-state index in [0.29, 0.717) is 5.75 Å². The van der Waals surface area contributed by atoms with Crippen LogP contribution in [-0.4, -0.2) is 0 Å². The number of benzene rings is 2. The zero-order valence-corrected chi connectivity index (χ0v) is 11.7. The third-order valence-electron chi connectivity index (χ3n) is 3.00. The van der Waals surface area contributed by atoms with Crippen LogP contribution in [0.4, 0.5) is 14.5 Å². The fourth-order valence-corrected chi connectivity index (χ4v) is 1.80. The molecule has 2 rings (SSSR count). The molecule has 2 N–H and O–H groups in total. The van der Waals surface area contributed by atoms with Gasteiger partial charge in [0.05, 0.1) is 0 Å². The van der Waals surface area contributed by atoms with E-state index in [-0.39, 0.29) is 16.9 Å². The van der Waals surface area contributed by atoms with Crippen LogP contribution in [0, 0.1) is 11.6 Å². The Morgan fingerprint density at radius 2 is 1.60 bits per heavy atom. The van der Waals surface area contributed by atoms with Crippen molar-refractivity contribution in [2.24, 2.45) is 0 Å². The van der Waals surface area contributed by atoms with E-state index in [1.165, 1.54) is 0 Å². The van der Waals surface area contributed by atoms with Gasteiger partial charge in [0.1, 0.15) is 17.3 Å². The first-order valence-electron chi connectivity index (χ1n) is 6.30. The Morgan fingerprint density at radius 3 is 2.15 bits per heavy atom. The highest BCUT2D eigenvalue weighted by Crippen LogP contribution is 2.31. The van der Waals surface area contributed by atoms with Crippen molar-refractivity contribution in [2.45, 2.75) is 26.2 Å². The molecule has 106 valence electrons. The molecular weight excluding hydrogens is 260 g/mol. The van der Waals surface area contributed by atoms with Crippen LogP contribution in [0.5, 0.6) is 11.5 Å². The van der Waals surface area contributed by atoms with Crippen LogP contribution in [0.3, 0.4) is 0 Å². The van der Waals surface area contributed by atoms with Crippen molar-refractivity contribution in [3.8, 4) is 11.5 Å². The highest BCUT2D eigenvalue weighted by Gasteiger charge is 2.14.